The van der Waals surface area contributed by atoms with E-state index in [2.05, 4.69) is 10.6 Å². The average molecular weight is 435 g/mol. The maximum absolute atomic E-state index is 13.1. The minimum Gasteiger partial charge on any atom is -0.360 e. The van der Waals surface area contributed by atoms with Crippen LogP contribution in [-0.4, -0.2) is 50.5 Å². The molecule has 1 atom stereocenters. The van der Waals surface area contributed by atoms with Gasteiger partial charge < -0.3 is 15.4 Å². The van der Waals surface area contributed by atoms with E-state index < -0.39 is 33.9 Å². The standard InChI is InChI=1S/C20H22FN3O5S/c21-16-7-9-17(10-8-16)30(27,28)24-11-4-12-29-18(24)14-23-20(26)19(25)22-13-15-5-2-1-3-6-15/h1-3,5-10,18H,4,11-14H2,(H,22,25)(H,23,26). The zero-order chi connectivity index (χ0) is 21.6. The van der Waals surface area contributed by atoms with Crippen LogP contribution in [-0.2, 0) is 30.9 Å². The van der Waals surface area contributed by atoms with Crippen molar-refractivity contribution in [3.05, 3.63) is 66.0 Å². The lowest BCUT2D eigenvalue weighted by Gasteiger charge is -2.34. The molecule has 2 N–H and O–H groups in total. The van der Waals surface area contributed by atoms with E-state index in [1.807, 2.05) is 30.3 Å². The fourth-order valence-corrected chi connectivity index (χ4v) is 4.53. The molecule has 0 radical (unpaired) electrons. The normalized spacial score (nSPS) is 17.3. The number of hydrogen-bond donors (Lipinski definition) is 2. The second kappa shape index (κ2) is 9.79. The summed E-state index contributed by atoms with van der Waals surface area (Å²) in [5, 5.41) is 4.91. The Morgan fingerprint density at radius 2 is 1.70 bits per heavy atom. The SMILES string of the molecule is O=C(NCc1ccccc1)C(=O)NCC1OCCCN1S(=O)(=O)c1ccc(F)cc1. The number of carbonyl (C=O) groups excluding carboxylic acids is 2. The van der Waals surface area contributed by atoms with Crippen LogP contribution in [0.15, 0.2) is 59.5 Å². The van der Waals surface area contributed by atoms with Gasteiger partial charge in [0, 0.05) is 13.1 Å². The molecule has 3 rings (SSSR count). The van der Waals surface area contributed by atoms with Gasteiger partial charge in [-0.05, 0) is 36.2 Å². The van der Waals surface area contributed by atoms with Crippen LogP contribution in [0.1, 0.15) is 12.0 Å². The molecule has 2 amide bonds. The molecule has 10 heteroatoms. The van der Waals surface area contributed by atoms with Crippen molar-refractivity contribution in [3.8, 4) is 0 Å². The molecule has 0 bridgehead atoms. The zero-order valence-electron chi connectivity index (χ0n) is 16.1. The molecule has 0 saturated carbocycles. The van der Waals surface area contributed by atoms with Crippen molar-refractivity contribution in [1.82, 2.24) is 14.9 Å². The summed E-state index contributed by atoms with van der Waals surface area (Å²) in [5.41, 5.74) is 0.839. The van der Waals surface area contributed by atoms with Crippen molar-refractivity contribution in [2.75, 3.05) is 19.7 Å². The molecule has 1 fully saturated rings. The lowest BCUT2D eigenvalue weighted by Crippen LogP contribution is -2.53. The van der Waals surface area contributed by atoms with Crippen LogP contribution in [0, 0.1) is 5.82 Å². The van der Waals surface area contributed by atoms with Gasteiger partial charge in [0.15, 0.2) is 0 Å². The molecule has 1 aliphatic heterocycles. The summed E-state index contributed by atoms with van der Waals surface area (Å²) in [6, 6.07) is 13.6. The first kappa shape index (κ1) is 21.9. The fraction of sp³-hybridized carbons (Fsp3) is 0.300. The van der Waals surface area contributed by atoms with Gasteiger partial charge in [0.1, 0.15) is 12.0 Å². The van der Waals surface area contributed by atoms with Crippen LogP contribution in [0.2, 0.25) is 0 Å². The third-order valence-corrected chi connectivity index (χ3v) is 6.42. The summed E-state index contributed by atoms with van der Waals surface area (Å²) >= 11 is 0. The first-order valence-electron chi connectivity index (χ1n) is 9.37. The van der Waals surface area contributed by atoms with Crippen LogP contribution >= 0.6 is 0 Å². The van der Waals surface area contributed by atoms with Crippen molar-refractivity contribution in [2.45, 2.75) is 24.1 Å². The quantitative estimate of drug-likeness (QED) is 0.659. The van der Waals surface area contributed by atoms with Crippen molar-refractivity contribution < 1.29 is 27.1 Å². The predicted octanol–water partition coefficient (Wildman–Crippen LogP) is 0.995. The number of nitrogens with zero attached hydrogens (tertiary/aromatic N) is 1. The van der Waals surface area contributed by atoms with E-state index in [4.69, 9.17) is 4.74 Å². The Bertz CT molecular complexity index is 983. The van der Waals surface area contributed by atoms with Gasteiger partial charge in [-0.1, -0.05) is 30.3 Å². The average Bonchev–Trinajstić information content (AvgIpc) is 2.77. The summed E-state index contributed by atoms with van der Waals surface area (Å²) in [6.07, 6.45) is -0.498. The van der Waals surface area contributed by atoms with E-state index in [0.717, 1.165) is 22.0 Å². The number of rotatable bonds is 6. The monoisotopic (exact) mass is 435 g/mol. The molecule has 0 aromatic heterocycles. The smallest absolute Gasteiger partial charge is 0.309 e. The Labute approximate surface area is 174 Å². The third kappa shape index (κ3) is 5.41. The summed E-state index contributed by atoms with van der Waals surface area (Å²) in [4.78, 5) is 24.0. The highest BCUT2D eigenvalue weighted by Gasteiger charge is 2.34. The van der Waals surface area contributed by atoms with E-state index in [1.54, 1.807) is 0 Å². The third-order valence-electron chi connectivity index (χ3n) is 4.51. The Kier molecular flexibility index (Phi) is 7.14. The molecule has 1 heterocycles. The molecule has 1 unspecified atom stereocenters. The van der Waals surface area contributed by atoms with Crippen LogP contribution in [0.4, 0.5) is 4.39 Å². The van der Waals surface area contributed by atoms with Crippen LogP contribution in [0.3, 0.4) is 0 Å². The van der Waals surface area contributed by atoms with E-state index >= 15 is 0 Å². The van der Waals surface area contributed by atoms with Gasteiger partial charge in [0.25, 0.3) is 0 Å². The first-order chi connectivity index (χ1) is 14.4. The molecule has 2 aromatic carbocycles. The van der Waals surface area contributed by atoms with Crippen molar-refractivity contribution in [2.24, 2.45) is 0 Å². The minimum absolute atomic E-state index is 0.0775. The zero-order valence-corrected chi connectivity index (χ0v) is 16.9. The van der Waals surface area contributed by atoms with Gasteiger partial charge in [-0.3, -0.25) is 9.59 Å². The van der Waals surface area contributed by atoms with Gasteiger partial charge in [-0.15, -0.1) is 0 Å². The van der Waals surface area contributed by atoms with Gasteiger partial charge in [-0.2, -0.15) is 4.31 Å². The summed E-state index contributed by atoms with van der Waals surface area (Å²) in [7, 11) is -3.95. The molecule has 0 aliphatic carbocycles. The van der Waals surface area contributed by atoms with E-state index in [-0.39, 0.29) is 24.5 Å². The van der Waals surface area contributed by atoms with Gasteiger partial charge in [-0.25, -0.2) is 12.8 Å². The van der Waals surface area contributed by atoms with Gasteiger partial charge in [0.2, 0.25) is 10.0 Å². The van der Waals surface area contributed by atoms with Crippen LogP contribution in [0.25, 0.3) is 0 Å². The Morgan fingerprint density at radius 1 is 1.03 bits per heavy atom. The highest BCUT2D eigenvalue weighted by Crippen LogP contribution is 2.22. The number of nitrogens with one attached hydrogen (secondary N) is 2. The van der Waals surface area contributed by atoms with Crippen molar-refractivity contribution >= 4 is 21.8 Å². The van der Waals surface area contributed by atoms with Crippen LogP contribution < -0.4 is 10.6 Å². The molecule has 2 aromatic rings. The van der Waals surface area contributed by atoms with E-state index in [1.165, 1.54) is 12.1 Å². The Morgan fingerprint density at radius 3 is 2.40 bits per heavy atom. The molecule has 1 aliphatic rings. The molecule has 8 nitrogen and oxygen atoms in total. The minimum atomic E-state index is -3.95. The Hall–Kier alpha value is -2.82. The number of hydrogen-bond acceptors (Lipinski definition) is 5. The maximum Gasteiger partial charge on any atom is 0.309 e. The first-order valence-corrected chi connectivity index (χ1v) is 10.8. The number of ether oxygens (including phenoxy) is 1. The van der Waals surface area contributed by atoms with Crippen molar-refractivity contribution in [3.63, 3.8) is 0 Å². The highest BCUT2D eigenvalue weighted by molar-refractivity contribution is 7.89. The van der Waals surface area contributed by atoms with Gasteiger partial charge in [0.05, 0.1) is 18.0 Å². The highest BCUT2D eigenvalue weighted by atomic mass is 32.2. The number of sulfonamides is 1. The Balaban J connectivity index is 1.59. The van der Waals surface area contributed by atoms with Crippen molar-refractivity contribution in [1.29, 1.82) is 0 Å². The maximum atomic E-state index is 13.1. The number of benzene rings is 2. The fourth-order valence-electron chi connectivity index (χ4n) is 2.96. The molecule has 0 spiro atoms. The van der Waals surface area contributed by atoms with E-state index in [9.17, 15) is 22.4 Å². The molecular formula is C20H22FN3O5S. The predicted molar refractivity (Wildman–Crippen MR) is 106 cm³/mol. The second-order valence-electron chi connectivity index (χ2n) is 6.63. The number of carbonyl (C=O) groups is 2. The second-order valence-corrected chi connectivity index (χ2v) is 8.52. The molecule has 30 heavy (non-hydrogen) atoms. The summed E-state index contributed by atoms with van der Waals surface area (Å²) < 4.78 is 45.5. The number of amides is 2. The lowest BCUT2D eigenvalue weighted by molar-refractivity contribution is -0.140. The number of halogens is 1. The topological polar surface area (TPSA) is 105 Å². The van der Waals surface area contributed by atoms with E-state index in [0.29, 0.717) is 13.0 Å². The summed E-state index contributed by atoms with van der Waals surface area (Å²) in [5.74, 6) is -2.27. The summed E-state index contributed by atoms with van der Waals surface area (Å²) in [6.45, 7) is 0.493. The largest absolute Gasteiger partial charge is 0.360 e. The van der Waals surface area contributed by atoms with Gasteiger partial charge >= 0.3 is 11.8 Å². The lowest BCUT2D eigenvalue weighted by atomic mass is 10.2. The van der Waals surface area contributed by atoms with Crippen LogP contribution in [0.5, 0.6) is 0 Å². The molecule has 1 saturated heterocycles. The molecule has 160 valence electrons. The molecular weight excluding hydrogens is 413 g/mol.